The number of morpholine rings is 1. The first kappa shape index (κ1) is 13.8. The highest BCUT2D eigenvalue weighted by Crippen LogP contribution is 2.15. The van der Waals surface area contributed by atoms with Crippen LogP contribution >= 0.6 is 11.6 Å². The second-order valence-corrected chi connectivity index (χ2v) is 4.77. The molecule has 1 saturated heterocycles. The lowest BCUT2D eigenvalue weighted by Gasteiger charge is -2.37. The molecule has 3 nitrogen and oxygen atoms in total. The Labute approximate surface area is 103 Å². The van der Waals surface area contributed by atoms with E-state index in [1.165, 1.54) is 0 Å². The van der Waals surface area contributed by atoms with Gasteiger partial charge >= 0.3 is 0 Å². The molecule has 16 heavy (non-hydrogen) atoms. The Hall–Kier alpha value is -0.280. The maximum absolute atomic E-state index is 12.0. The van der Waals surface area contributed by atoms with E-state index in [2.05, 4.69) is 6.92 Å². The number of nitrogens with zero attached hydrogens (tertiary/aromatic N) is 1. The van der Waals surface area contributed by atoms with Crippen molar-refractivity contribution in [3.63, 3.8) is 0 Å². The third-order valence-corrected chi connectivity index (χ3v) is 3.34. The Kier molecular flexibility index (Phi) is 6.14. The van der Waals surface area contributed by atoms with Gasteiger partial charge in [-0.3, -0.25) is 4.79 Å². The lowest BCUT2D eigenvalue weighted by atomic mass is 10.1. The van der Waals surface area contributed by atoms with Crippen molar-refractivity contribution in [2.45, 2.75) is 51.7 Å². The fraction of sp³-hybridized carbons (Fsp3) is 0.917. The Morgan fingerprint density at radius 3 is 2.88 bits per heavy atom. The van der Waals surface area contributed by atoms with Crippen LogP contribution in [0.5, 0.6) is 0 Å². The van der Waals surface area contributed by atoms with E-state index in [1.807, 2.05) is 11.8 Å². The molecule has 0 bridgehead atoms. The molecule has 4 heteroatoms. The molecular formula is C12H22ClNO2. The summed E-state index contributed by atoms with van der Waals surface area (Å²) in [5.41, 5.74) is 0. The second kappa shape index (κ2) is 7.13. The van der Waals surface area contributed by atoms with Crippen LogP contribution in [0.3, 0.4) is 0 Å². The van der Waals surface area contributed by atoms with Crippen molar-refractivity contribution >= 4 is 17.5 Å². The van der Waals surface area contributed by atoms with Crippen LogP contribution in [0, 0.1) is 0 Å². The molecule has 0 saturated carbocycles. The molecule has 1 fully saturated rings. The van der Waals surface area contributed by atoms with Gasteiger partial charge in [-0.1, -0.05) is 19.8 Å². The van der Waals surface area contributed by atoms with Crippen molar-refractivity contribution in [1.29, 1.82) is 0 Å². The minimum absolute atomic E-state index is 0.00740. The number of hydrogen-bond acceptors (Lipinski definition) is 2. The monoisotopic (exact) mass is 247 g/mol. The molecule has 0 spiro atoms. The zero-order valence-corrected chi connectivity index (χ0v) is 11.0. The summed E-state index contributed by atoms with van der Waals surface area (Å²) in [6.07, 6.45) is 3.94. The van der Waals surface area contributed by atoms with E-state index in [9.17, 15) is 4.79 Å². The Balaban J connectivity index is 2.39. The van der Waals surface area contributed by atoms with Crippen LogP contribution in [0.1, 0.15) is 39.5 Å². The summed E-state index contributed by atoms with van der Waals surface area (Å²) in [5, 5.41) is 0. The van der Waals surface area contributed by atoms with Crippen molar-refractivity contribution in [2.24, 2.45) is 0 Å². The molecule has 2 unspecified atom stereocenters. The van der Waals surface area contributed by atoms with Gasteiger partial charge in [-0.15, -0.1) is 11.6 Å². The van der Waals surface area contributed by atoms with Crippen molar-refractivity contribution in [3.8, 4) is 0 Å². The van der Waals surface area contributed by atoms with E-state index in [0.29, 0.717) is 25.5 Å². The highest BCUT2D eigenvalue weighted by Gasteiger charge is 2.28. The summed E-state index contributed by atoms with van der Waals surface area (Å²) >= 11 is 5.76. The van der Waals surface area contributed by atoms with Crippen LogP contribution in [-0.2, 0) is 9.53 Å². The number of hydrogen-bond donors (Lipinski definition) is 0. The highest BCUT2D eigenvalue weighted by atomic mass is 35.5. The SMILES string of the molecule is CCCCCC(=O)N1CC(CCl)OCC1C. The lowest BCUT2D eigenvalue weighted by molar-refractivity contribution is -0.143. The van der Waals surface area contributed by atoms with Crippen LogP contribution in [0.4, 0.5) is 0 Å². The molecule has 0 radical (unpaired) electrons. The lowest BCUT2D eigenvalue weighted by Crippen LogP contribution is -2.51. The maximum Gasteiger partial charge on any atom is 0.222 e. The Morgan fingerprint density at radius 1 is 1.50 bits per heavy atom. The molecule has 1 aliphatic heterocycles. The van der Waals surface area contributed by atoms with Crippen LogP contribution in [0.25, 0.3) is 0 Å². The molecule has 1 rings (SSSR count). The number of ether oxygens (including phenoxy) is 1. The van der Waals surface area contributed by atoms with Gasteiger partial charge in [-0.25, -0.2) is 0 Å². The number of unbranched alkanes of at least 4 members (excludes halogenated alkanes) is 2. The van der Waals surface area contributed by atoms with Crippen LogP contribution in [-0.4, -0.2) is 42.0 Å². The first-order valence-electron chi connectivity index (χ1n) is 6.16. The highest BCUT2D eigenvalue weighted by molar-refractivity contribution is 6.18. The van der Waals surface area contributed by atoms with Crippen LogP contribution in [0.2, 0.25) is 0 Å². The van der Waals surface area contributed by atoms with E-state index >= 15 is 0 Å². The summed E-state index contributed by atoms with van der Waals surface area (Å²) < 4.78 is 5.52. The van der Waals surface area contributed by atoms with Gasteiger partial charge < -0.3 is 9.64 Å². The average Bonchev–Trinajstić information content (AvgIpc) is 2.30. The molecule has 0 aromatic heterocycles. The maximum atomic E-state index is 12.0. The summed E-state index contributed by atoms with van der Waals surface area (Å²) in [7, 11) is 0. The number of amides is 1. The summed E-state index contributed by atoms with van der Waals surface area (Å²) in [6, 6.07) is 0.189. The van der Waals surface area contributed by atoms with E-state index in [0.717, 1.165) is 19.3 Å². The predicted octanol–water partition coefficient (Wildman–Crippen LogP) is 2.42. The van der Waals surface area contributed by atoms with Crippen molar-refractivity contribution in [2.75, 3.05) is 19.0 Å². The number of carbonyl (C=O) groups is 1. The molecule has 1 heterocycles. The van der Waals surface area contributed by atoms with E-state index in [4.69, 9.17) is 16.3 Å². The average molecular weight is 248 g/mol. The fourth-order valence-electron chi connectivity index (χ4n) is 1.93. The van der Waals surface area contributed by atoms with Gasteiger partial charge in [0.05, 0.1) is 24.6 Å². The molecule has 1 amide bonds. The zero-order valence-electron chi connectivity index (χ0n) is 10.2. The molecule has 0 aromatic rings. The molecule has 0 aliphatic carbocycles. The largest absolute Gasteiger partial charge is 0.373 e. The van der Waals surface area contributed by atoms with Crippen molar-refractivity contribution < 1.29 is 9.53 Å². The van der Waals surface area contributed by atoms with Gasteiger partial charge in [0, 0.05) is 13.0 Å². The summed E-state index contributed by atoms with van der Waals surface area (Å²) in [5.74, 6) is 0.713. The third-order valence-electron chi connectivity index (χ3n) is 2.99. The third kappa shape index (κ3) is 3.95. The van der Waals surface area contributed by atoms with Gasteiger partial charge in [0.15, 0.2) is 0 Å². The first-order chi connectivity index (χ1) is 7.69. The van der Waals surface area contributed by atoms with E-state index in [1.54, 1.807) is 0 Å². The predicted molar refractivity (Wildman–Crippen MR) is 65.8 cm³/mol. The van der Waals surface area contributed by atoms with Gasteiger partial charge in [0.2, 0.25) is 5.91 Å². The van der Waals surface area contributed by atoms with Gasteiger partial charge in [-0.05, 0) is 13.3 Å². The number of alkyl halides is 1. The minimum Gasteiger partial charge on any atom is -0.373 e. The number of carbonyl (C=O) groups excluding carboxylic acids is 1. The standard InChI is InChI=1S/C12H22ClNO2/c1-3-4-5-6-12(15)14-8-11(7-13)16-9-10(14)2/h10-11H,3-9H2,1-2H3. The molecule has 2 atom stereocenters. The van der Waals surface area contributed by atoms with Gasteiger partial charge in [0.1, 0.15) is 0 Å². The van der Waals surface area contributed by atoms with Crippen LogP contribution < -0.4 is 0 Å². The normalized spacial score (nSPS) is 25.8. The minimum atomic E-state index is 0.00740. The van der Waals surface area contributed by atoms with E-state index < -0.39 is 0 Å². The van der Waals surface area contributed by atoms with Gasteiger partial charge in [-0.2, -0.15) is 0 Å². The van der Waals surface area contributed by atoms with Crippen molar-refractivity contribution in [1.82, 2.24) is 4.90 Å². The number of halogens is 1. The van der Waals surface area contributed by atoms with Gasteiger partial charge in [0.25, 0.3) is 0 Å². The number of rotatable bonds is 5. The van der Waals surface area contributed by atoms with Crippen LogP contribution in [0.15, 0.2) is 0 Å². The smallest absolute Gasteiger partial charge is 0.222 e. The van der Waals surface area contributed by atoms with Crippen molar-refractivity contribution in [3.05, 3.63) is 0 Å². The molecule has 1 aliphatic rings. The summed E-state index contributed by atoms with van der Waals surface area (Å²) in [4.78, 5) is 13.9. The Bertz CT molecular complexity index is 223. The fourth-order valence-corrected chi connectivity index (χ4v) is 2.11. The topological polar surface area (TPSA) is 29.5 Å². The second-order valence-electron chi connectivity index (χ2n) is 4.46. The molecular weight excluding hydrogens is 226 g/mol. The summed E-state index contributed by atoms with van der Waals surface area (Å²) in [6.45, 7) is 5.43. The molecule has 0 N–H and O–H groups in total. The molecule has 0 aromatic carbocycles. The van der Waals surface area contributed by atoms with E-state index in [-0.39, 0.29) is 18.1 Å². The molecule has 94 valence electrons. The Morgan fingerprint density at radius 2 is 2.25 bits per heavy atom. The zero-order chi connectivity index (χ0) is 12.0. The first-order valence-corrected chi connectivity index (χ1v) is 6.69. The quantitative estimate of drug-likeness (QED) is 0.552.